The minimum absolute atomic E-state index is 0.0945. The van der Waals surface area contributed by atoms with E-state index >= 15 is 0 Å². The molecule has 1 fully saturated rings. The molecule has 0 atom stereocenters. The SMILES string of the molecule is COc1cccc(C(=O)N(CCCN)C2CCC2)c1. The second-order valence-corrected chi connectivity index (χ2v) is 4.96. The monoisotopic (exact) mass is 262 g/mol. The number of ether oxygens (including phenoxy) is 1. The van der Waals surface area contributed by atoms with E-state index < -0.39 is 0 Å². The lowest BCUT2D eigenvalue weighted by molar-refractivity contribution is 0.0578. The highest BCUT2D eigenvalue weighted by Gasteiger charge is 2.28. The van der Waals surface area contributed by atoms with Crippen LogP contribution in [0.15, 0.2) is 24.3 Å². The lowest BCUT2D eigenvalue weighted by Crippen LogP contribution is -2.45. The third-order valence-corrected chi connectivity index (χ3v) is 3.70. The number of amides is 1. The molecule has 1 aromatic rings. The molecule has 0 spiro atoms. The van der Waals surface area contributed by atoms with E-state index in [1.807, 2.05) is 23.1 Å². The van der Waals surface area contributed by atoms with Crippen molar-refractivity contribution in [1.82, 2.24) is 4.90 Å². The number of hydrogen-bond donors (Lipinski definition) is 1. The molecule has 1 aliphatic rings. The van der Waals surface area contributed by atoms with Crippen LogP contribution in [0.1, 0.15) is 36.0 Å². The largest absolute Gasteiger partial charge is 0.497 e. The van der Waals surface area contributed by atoms with Crippen LogP contribution in [0.3, 0.4) is 0 Å². The number of carbonyl (C=O) groups excluding carboxylic acids is 1. The van der Waals surface area contributed by atoms with Crippen molar-refractivity contribution >= 4 is 5.91 Å². The van der Waals surface area contributed by atoms with Crippen molar-refractivity contribution in [1.29, 1.82) is 0 Å². The Bertz CT molecular complexity index is 430. The van der Waals surface area contributed by atoms with Crippen LogP contribution >= 0.6 is 0 Å². The molecular formula is C15H22N2O2. The van der Waals surface area contributed by atoms with Gasteiger partial charge in [0.2, 0.25) is 0 Å². The molecule has 0 saturated heterocycles. The van der Waals surface area contributed by atoms with Crippen LogP contribution in [0.2, 0.25) is 0 Å². The molecule has 4 nitrogen and oxygen atoms in total. The summed E-state index contributed by atoms with van der Waals surface area (Å²) in [6.45, 7) is 1.37. The van der Waals surface area contributed by atoms with E-state index in [0.29, 0.717) is 18.2 Å². The minimum Gasteiger partial charge on any atom is -0.497 e. The average molecular weight is 262 g/mol. The molecule has 0 aliphatic heterocycles. The first kappa shape index (κ1) is 13.9. The molecule has 0 unspecified atom stereocenters. The van der Waals surface area contributed by atoms with Gasteiger partial charge in [0.05, 0.1) is 7.11 Å². The molecular weight excluding hydrogens is 240 g/mol. The molecule has 2 rings (SSSR count). The van der Waals surface area contributed by atoms with Gasteiger partial charge in [0.1, 0.15) is 5.75 Å². The summed E-state index contributed by atoms with van der Waals surface area (Å²) in [6, 6.07) is 7.75. The number of hydrogen-bond acceptors (Lipinski definition) is 3. The van der Waals surface area contributed by atoms with Gasteiger partial charge in [-0.25, -0.2) is 0 Å². The van der Waals surface area contributed by atoms with E-state index in [1.54, 1.807) is 13.2 Å². The Morgan fingerprint density at radius 1 is 1.47 bits per heavy atom. The van der Waals surface area contributed by atoms with Gasteiger partial charge in [0.15, 0.2) is 0 Å². The lowest BCUT2D eigenvalue weighted by Gasteiger charge is -2.37. The van der Waals surface area contributed by atoms with Crippen molar-refractivity contribution in [2.24, 2.45) is 5.73 Å². The molecule has 2 N–H and O–H groups in total. The van der Waals surface area contributed by atoms with Crippen molar-refractivity contribution in [2.45, 2.75) is 31.7 Å². The number of benzene rings is 1. The van der Waals surface area contributed by atoms with Crippen molar-refractivity contribution in [2.75, 3.05) is 20.2 Å². The first-order valence-electron chi connectivity index (χ1n) is 6.91. The van der Waals surface area contributed by atoms with Crippen LogP contribution in [0.4, 0.5) is 0 Å². The molecule has 1 amide bonds. The van der Waals surface area contributed by atoms with E-state index in [4.69, 9.17) is 10.5 Å². The van der Waals surface area contributed by atoms with Gasteiger partial charge >= 0.3 is 0 Å². The first-order valence-corrected chi connectivity index (χ1v) is 6.91. The van der Waals surface area contributed by atoms with Crippen LogP contribution in [0, 0.1) is 0 Å². The quantitative estimate of drug-likeness (QED) is 0.853. The van der Waals surface area contributed by atoms with Crippen LogP contribution in [0.5, 0.6) is 5.75 Å². The molecule has 1 aromatic carbocycles. The maximum Gasteiger partial charge on any atom is 0.254 e. The van der Waals surface area contributed by atoms with Gasteiger partial charge < -0.3 is 15.4 Å². The number of carbonyl (C=O) groups is 1. The lowest BCUT2D eigenvalue weighted by atomic mass is 9.90. The maximum absolute atomic E-state index is 12.6. The predicted octanol–water partition coefficient (Wildman–Crippen LogP) is 2.04. The Labute approximate surface area is 114 Å². The number of methoxy groups -OCH3 is 1. The van der Waals surface area contributed by atoms with Gasteiger partial charge in [-0.05, 0) is 50.4 Å². The second kappa shape index (κ2) is 6.57. The van der Waals surface area contributed by atoms with Gasteiger partial charge in [0.25, 0.3) is 5.91 Å². The average Bonchev–Trinajstić information content (AvgIpc) is 2.40. The predicted molar refractivity (Wildman–Crippen MR) is 75.3 cm³/mol. The van der Waals surface area contributed by atoms with Gasteiger partial charge in [-0.15, -0.1) is 0 Å². The molecule has 4 heteroatoms. The Morgan fingerprint density at radius 3 is 2.84 bits per heavy atom. The molecule has 0 bridgehead atoms. The van der Waals surface area contributed by atoms with Crippen LogP contribution < -0.4 is 10.5 Å². The highest BCUT2D eigenvalue weighted by molar-refractivity contribution is 5.94. The van der Waals surface area contributed by atoms with Crippen LogP contribution in [-0.2, 0) is 0 Å². The zero-order valence-corrected chi connectivity index (χ0v) is 11.5. The fourth-order valence-corrected chi connectivity index (χ4v) is 2.33. The summed E-state index contributed by atoms with van der Waals surface area (Å²) in [6.07, 6.45) is 4.29. The normalized spacial score (nSPS) is 14.8. The topological polar surface area (TPSA) is 55.6 Å². The molecule has 0 heterocycles. The van der Waals surface area contributed by atoms with E-state index in [9.17, 15) is 4.79 Å². The van der Waals surface area contributed by atoms with Crippen molar-refractivity contribution in [3.8, 4) is 5.75 Å². The summed E-state index contributed by atoms with van der Waals surface area (Å²) in [5.41, 5.74) is 6.26. The minimum atomic E-state index is 0.0945. The van der Waals surface area contributed by atoms with Gasteiger partial charge in [-0.2, -0.15) is 0 Å². The number of nitrogens with zero attached hydrogens (tertiary/aromatic N) is 1. The Balaban J connectivity index is 2.12. The fourth-order valence-electron chi connectivity index (χ4n) is 2.33. The summed E-state index contributed by atoms with van der Waals surface area (Å²) in [7, 11) is 1.61. The molecule has 104 valence electrons. The van der Waals surface area contributed by atoms with Gasteiger partial charge in [0, 0.05) is 18.2 Å². The van der Waals surface area contributed by atoms with Gasteiger partial charge in [-0.3, -0.25) is 4.79 Å². The van der Waals surface area contributed by atoms with E-state index in [0.717, 1.165) is 31.6 Å². The first-order chi connectivity index (χ1) is 9.26. The summed E-state index contributed by atoms with van der Waals surface area (Å²) in [4.78, 5) is 14.6. The Kier molecular flexibility index (Phi) is 4.80. The molecule has 0 aromatic heterocycles. The molecule has 1 saturated carbocycles. The fraction of sp³-hybridized carbons (Fsp3) is 0.533. The molecule has 1 aliphatic carbocycles. The van der Waals surface area contributed by atoms with Crippen molar-refractivity contribution in [3.63, 3.8) is 0 Å². The molecule has 0 radical (unpaired) electrons. The standard InChI is InChI=1S/C15H22N2O2/c1-19-14-8-2-5-12(11-14)15(18)17(10-4-9-16)13-6-3-7-13/h2,5,8,11,13H,3-4,6-7,9-10,16H2,1H3. The van der Waals surface area contributed by atoms with Crippen LogP contribution in [-0.4, -0.2) is 37.0 Å². The van der Waals surface area contributed by atoms with E-state index in [1.165, 1.54) is 6.42 Å². The number of nitrogens with two attached hydrogens (primary N) is 1. The summed E-state index contributed by atoms with van der Waals surface area (Å²) >= 11 is 0. The summed E-state index contributed by atoms with van der Waals surface area (Å²) in [5, 5.41) is 0. The van der Waals surface area contributed by atoms with Crippen molar-refractivity contribution < 1.29 is 9.53 Å². The number of rotatable bonds is 6. The third kappa shape index (κ3) is 3.26. The Morgan fingerprint density at radius 2 is 2.26 bits per heavy atom. The highest BCUT2D eigenvalue weighted by Crippen LogP contribution is 2.27. The van der Waals surface area contributed by atoms with Crippen molar-refractivity contribution in [3.05, 3.63) is 29.8 Å². The van der Waals surface area contributed by atoms with E-state index in [2.05, 4.69) is 0 Å². The zero-order valence-electron chi connectivity index (χ0n) is 11.5. The summed E-state index contributed by atoms with van der Waals surface area (Å²) in [5.74, 6) is 0.815. The zero-order chi connectivity index (χ0) is 13.7. The van der Waals surface area contributed by atoms with Gasteiger partial charge in [-0.1, -0.05) is 6.07 Å². The van der Waals surface area contributed by atoms with Crippen LogP contribution in [0.25, 0.3) is 0 Å². The highest BCUT2D eigenvalue weighted by atomic mass is 16.5. The van der Waals surface area contributed by atoms with E-state index in [-0.39, 0.29) is 5.91 Å². The maximum atomic E-state index is 12.6. The summed E-state index contributed by atoms with van der Waals surface area (Å²) < 4.78 is 5.18. The Hall–Kier alpha value is -1.55. The second-order valence-electron chi connectivity index (χ2n) is 4.96. The molecule has 19 heavy (non-hydrogen) atoms. The smallest absolute Gasteiger partial charge is 0.254 e. The third-order valence-electron chi connectivity index (χ3n) is 3.70.